The molecule has 0 saturated carbocycles. The fraction of sp³-hybridized carbons (Fsp3) is 0.345. The van der Waals surface area contributed by atoms with E-state index in [1.54, 1.807) is 11.3 Å². The van der Waals surface area contributed by atoms with Crippen LogP contribution >= 0.6 is 11.3 Å². The molecule has 6 heteroatoms. The van der Waals surface area contributed by atoms with Crippen molar-refractivity contribution in [1.82, 2.24) is 9.55 Å². The molecule has 0 aliphatic rings. The molecular weight excluding hydrogens is 456 g/mol. The first-order valence-electron chi connectivity index (χ1n) is 12.3. The number of nitrogens with zero attached hydrogens (tertiary/aromatic N) is 2. The minimum Gasteiger partial charge on any atom is -0.481 e. The summed E-state index contributed by atoms with van der Waals surface area (Å²) in [6.45, 7) is 4.38. The van der Waals surface area contributed by atoms with E-state index in [4.69, 9.17) is 4.98 Å². The van der Waals surface area contributed by atoms with Crippen LogP contribution in [0.5, 0.6) is 0 Å². The maximum Gasteiger partial charge on any atom is 0.306 e. The summed E-state index contributed by atoms with van der Waals surface area (Å²) in [5.74, 6) is -0.780. The van der Waals surface area contributed by atoms with E-state index >= 15 is 0 Å². The van der Waals surface area contributed by atoms with Crippen LogP contribution in [0.2, 0.25) is 0 Å². The van der Waals surface area contributed by atoms with Gasteiger partial charge in [0.1, 0.15) is 5.82 Å². The highest BCUT2D eigenvalue weighted by atomic mass is 32.1. The van der Waals surface area contributed by atoms with Gasteiger partial charge in [-0.3, -0.25) is 9.59 Å². The Balaban J connectivity index is 1.57. The Labute approximate surface area is 210 Å². The molecule has 0 saturated heterocycles. The molecule has 1 atom stereocenters. The summed E-state index contributed by atoms with van der Waals surface area (Å²) in [4.78, 5) is 31.2. The average Bonchev–Trinajstić information content (AvgIpc) is 3.50. The molecule has 4 rings (SSSR count). The normalized spacial score (nSPS) is 12.3. The van der Waals surface area contributed by atoms with Gasteiger partial charge in [-0.25, -0.2) is 4.98 Å². The predicted molar refractivity (Wildman–Crippen MR) is 141 cm³/mol. The number of carbonyl (C=O) groups excluding carboxylic acids is 1. The summed E-state index contributed by atoms with van der Waals surface area (Å²) in [7, 11) is 0. The molecule has 0 radical (unpaired) electrons. The molecule has 2 heterocycles. The van der Waals surface area contributed by atoms with Crippen molar-refractivity contribution < 1.29 is 14.7 Å². The van der Waals surface area contributed by atoms with Crippen LogP contribution in [0.25, 0.3) is 11.0 Å². The van der Waals surface area contributed by atoms with E-state index in [2.05, 4.69) is 35.9 Å². The van der Waals surface area contributed by atoms with Gasteiger partial charge in [-0.05, 0) is 60.9 Å². The van der Waals surface area contributed by atoms with Crippen LogP contribution < -0.4 is 0 Å². The number of ketones is 1. The molecule has 5 nitrogen and oxygen atoms in total. The quantitative estimate of drug-likeness (QED) is 0.219. The molecule has 0 bridgehead atoms. The van der Waals surface area contributed by atoms with Crippen LogP contribution in [-0.4, -0.2) is 26.4 Å². The van der Waals surface area contributed by atoms with Crippen LogP contribution in [0.15, 0.2) is 66.0 Å². The van der Waals surface area contributed by atoms with Gasteiger partial charge in [0.2, 0.25) is 0 Å². The Morgan fingerprint density at radius 3 is 2.46 bits per heavy atom. The van der Waals surface area contributed by atoms with Crippen molar-refractivity contribution in [3.8, 4) is 0 Å². The van der Waals surface area contributed by atoms with Crippen molar-refractivity contribution in [3.63, 3.8) is 0 Å². The number of Topliss-reactive ketones (excluding diaryl/α,β-unsaturated/α-hetero) is 1. The number of hydrogen-bond donors (Lipinski definition) is 1. The maximum atomic E-state index is 13.1. The topological polar surface area (TPSA) is 72.2 Å². The molecule has 182 valence electrons. The molecule has 0 amide bonds. The number of benzene rings is 2. The van der Waals surface area contributed by atoms with Crippen molar-refractivity contribution in [3.05, 3.63) is 87.9 Å². The summed E-state index contributed by atoms with van der Waals surface area (Å²) in [6.07, 6.45) is 3.82. The second-order valence-corrected chi connectivity index (χ2v) is 10.0. The smallest absolute Gasteiger partial charge is 0.306 e. The Morgan fingerprint density at radius 2 is 1.80 bits per heavy atom. The lowest BCUT2D eigenvalue weighted by atomic mass is 9.92. The summed E-state index contributed by atoms with van der Waals surface area (Å²) in [5.41, 5.74) is 3.43. The highest BCUT2D eigenvalue weighted by Crippen LogP contribution is 2.29. The van der Waals surface area contributed by atoms with E-state index in [1.165, 1.54) is 4.88 Å². The van der Waals surface area contributed by atoms with Gasteiger partial charge >= 0.3 is 5.97 Å². The molecule has 1 N–H and O–H groups in total. The van der Waals surface area contributed by atoms with Crippen molar-refractivity contribution in [2.75, 3.05) is 0 Å². The number of aliphatic carboxylic acids is 1. The zero-order chi connectivity index (χ0) is 24.8. The summed E-state index contributed by atoms with van der Waals surface area (Å²) >= 11 is 1.72. The Hall–Kier alpha value is -3.25. The Morgan fingerprint density at radius 1 is 1.03 bits per heavy atom. The largest absolute Gasteiger partial charge is 0.481 e. The van der Waals surface area contributed by atoms with Gasteiger partial charge in [0.25, 0.3) is 0 Å². The average molecular weight is 489 g/mol. The predicted octanol–water partition coefficient (Wildman–Crippen LogP) is 6.96. The van der Waals surface area contributed by atoms with Gasteiger partial charge in [0.15, 0.2) is 5.78 Å². The van der Waals surface area contributed by atoms with E-state index in [-0.39, 0.29) is 12.2 Å². The van der Waals surface area contributed by atoms with E-state index < -0.39 is 11.9 Å². The van der Waals surface area contributed by atoms with E-state index in [0.717, 1.165) is 41.7 Å². The van der Waals surface area contributed by atoms with Crippen molar-refractivity contribution >= 4 is 34.1 Å². The van der Waals surface area contributed by atoms with E-state index in [1.807, 2.05) is 48.5 Å². The Kier molecular flexibility index (Phi) is 8.13. The third-order valence-electron chi connectivity index (χ3n) is 6.71. The van der Waals surface area contributed by atoms with Gasteiger partial charge in [0.05, 0.1) is 17.0 Å². The minimum atomic E-state index is -0.924. The molecular formula is C29H32N2O3S. The van der Waals surface area contributed by atoms with Gasteiger partial charge in [-0.15, -0.1) is 11.3 Å². The first-order valence-corrected chi connectivity index (χ1v) is 13.2. The molecule has 2 aromatic heterocycles. The van der Waals surface area contributed by atoms with Crippen LogP contribution in [0.1, 0.15) is 72.2 Å². The second-order valence-electron chi connectivity index (χ2n) is 9.01. The summed E-state index contributed by atoms with van der Waals surface area (Å²) in [6, 6.07) is 20.0. The number of carboxylic acid groups (broad SMARTS) is 1. The number of thiophene rings is 1. The third kappa shape index (κ3) is 5.88. The standard InChI is InChI=1S/C29H32N2O3S/c1-3-23(4-2)31-26-15-14-21(17-25(26)30-28(31)19-24-11-8-16-35-24)27(32)18-22(29(33)34)13-12-20-9-6-5-7-10-20/h5-11,14-17,22-23H,3-4,12-13,18-19H2,1-2H3,(H,33,34). The number of aromatic nitrogens is 2. The van der Waals surface area contributed by atoms with Crippen LogP contribution in [0.4, 0.5) is 0 Å². The molecule has 4 aromatic rings. The van der Waals surface area contributed by atoms with Crippen LogP contribution in [0, 0.1) is 5.92 Å². The van der Waals surface area contributed by atoms with E-state index in [0.29, 0.717) is 24.4 Å². The highest BCUT2D eigenvalue weighted by molar-refractivity contribution is 7.09. The third-order valence-corrected chi connectivity index (χ3v) is 7.59. The zero-order valence-electron chi connectivity index (χ0n) is 20.3. The van der Waals surface area contributed by atoms with E-state index in [9.17, 15) is 14.7 Å². The van der Waals surface area contributed by atoms with Crippen LogP contribution in [-0.2, 0) is 17.6 Å². The van der Waals surface area contributed by atoms with Crippen molar-refractivity contribution in [1.29, 1.82) is 0 Å². The number of aryl methyl sites for hydroxylation is 1. The van der Waals surface area contributed by atoms with Gasteiger partial charge in [-0.2, -0.15) is 0 Å². The fourth-order valence-electron chi connectivity index (χ4n) is 4.72. The zero-order valence-corrected chi connectivity index (χ0v) is 21.1. The highest BCUT2D eigenvalue weighted by Gasteiger charge is 2.23. The lowest BCUT2D eigenvalue weighted by Gasteiger charge is -2.19. The molecule has 0 aliphatic carbocycles. The number of carbonyl (C=O) groups is 2. The second kappa shape index (κ2) is 11.5. The number of fused-ring (bicyclic) bond motifs is 1. The minimum absolute atomic E-state index is 0.0109. The maximum absolute atomic E-state index is 13.1. The number of carboxylic acids is 1. The first kappa shape index (κ1) is 24.9. The number of imidazole rings is 1. The van der Waals surface area contributed by atoms with Crippen molar-refractivity contribution in [2.45, 2.75) is 58.4 Å². The lowest BCUT2D eigenvalue weighted by Crippen LogP contribution is -2.19. The Bertz CT molecular complexity index is 1270. The monoisotopic (exact) mass is 488 g/mol. The molecule has 2 aromatic carbocycles. The SMILES string of the molecule is CCC(CC)n1c(Cc2cccs2)nc2cc(C(=O)CC(CCc3ccccc3)C(=O)O)ccc21. The van der Waals surface area contributed by atoms with Crippen LogP contribution in [0.3, 0.4) is 0 Å². The first-order chi connectivity index (χ1) is 17.0. The fourth-order valence-corrected chi connectivity index (χ4v) is 5.42. The molecule has 1 unspecified atom stereocenters. The number of rotatable bonds is 12. The molecule has 0 aliphatic heterocycles. The summed E-state index contributed by atoms with van der Waals surface area (Å²) in [5, 5.41) is 11.8. The van der Waals surface area contributed by atoms with Gasteiger partial charge in [0, 0.05) is 29.3 Å². The number of hydrogen-bond acceptors (Lipinski definition) is 4. The molecule has 0 fully saturated rings. The van der Waals surface area contributed by atoms with Gasteiger partial charge < -0.3 is 9.67 Å². The van der Waals surface area contributed by atoms with Crippen molar-refractivity contribution in [2.24, 2.45) is 5.92 Å². The van der Waals surface area contributed by atoms with Gasteiger partial charge in [-0.1, -0.05) is 50.2 Å². The molecule has 35 heavy (non-hydrogen) atoms. The lowest BCUT2D eigenvalue weighted by molar-refractivity contribution is -0.141. The molecule has 0 spiro atoms. The summed E-state index contributed by atoms with van der Waals surface area (Å²) < 4.78 is 2.32.